The Morgan fingerprint density at radius 1 is 1.20 bits per heavy atom. The van der Waals surface area contributed by atoms with Gasteiger partial charge in [-0.3, -0.25) is 14.8 Å². The van der Waals surface area contributed by atoms with E-state index in [0.717, 1.165) is 24.3 Å². The second-order valence-corrected chi connectivity index (χ2v) is 5.74. The third-order valence-corrected chi connectivity index (χ3v) is 4.04. The summed E-state index contributed by atoms with van der Waals surface area (Å²) in [6.07, 6.45) is 1.42. The van der Waals surface area contributed by atoms with Gasteiger partial charge in [-0.15, -0.1) is 0 Å². The number of nitro benzene ring substituents is 1. The summed E-state index contributed by atoms with van der Waals surface area (Å²) < 4.78 is 26.4. The van der Waals surface area contributed by atoms with Crippen LogP contribution < -0.4 is 4.72 Å². The van der Waals surface area contributed by atoms with Crippen LogP contribution >= 0.6 is 11.6 Å². The molecule has 0 unspecified atom stereocenters. The van der Waals surface area contributed by atoms with Gasteiger partial charge in [0.25, 0.3) is 15.7 Å². The van der Waals surface area contributed by atoms with E-state index in [1.165, 1.54) is 18.3 Å². The molecule has 0 aliphatic carbocycles. The fourth-order valence-corrected chi connectivity index (χ4v) is 2.70. The minimum absolute atomic E-state index is 0.0120. The zero-order valence-corrected chi connectivity index (χ0v) is 11.4. The minimum Gasteiger partial charge on any atom is -0.276 e. The number of halogens is 1. The monoisotopic (exact) mass is 313 g/mol. The molecular formula is C11H8ClN3O4S. The number of nitrogens with one attached hydrogen (secondary N) is 1. The second-order valence-electron chi connectivity index (χ2n) is 3.70. The maximum atomic E-state index is 12.1. The van der Waals surface area contributed by atoms with Crippen molar-refractivity contribution in [3.63, 3.8) is 0 Å². The van der Waals surface area contributed by atoms with Crippen molar-refractivity contribution in [2.75, 3.05) is 4.72 Å². The largest absolute Gasteiger partial charge is 0.276 e. The summed E-state index contributed by atoms with van der Waals surface area (Å²) in [5.74, 6) is 0. The van der Waals surface area contributed by atoms with Crippen molar-refractivity contribution in [1.29, 1.82) is 0 Å². The number of pyridine rings is 1. The molecule has 0 saturated carbocycles. The number of nitrogens with zero attached hydrogens (tertiary/aromatic N) is 2. The van der Waals surface area contributed by atoms with E-state index in [-0.39, 0.29) is 21.4 Å². The van der Waals surface area contributed by atoms with E-state index < -0.39 is 14.9 Å². The SMILES string of the molecule is O=[N+]([O-])c1ccc(S(=O)(=O)Nc2cccnc2Cl)cc1. The molecule has 0 bridgehead atoms. The predicted octanol–water partition coefficient (Wildman–Crippen LogP) is 2.44. The van der Waals surface area contributed by atoms with E-state index in [1.807, 2.05) is 0 Å². The highest BCUT2D eigenvalue weighted by Crippen LogP contribution is 2.23. The first-order valence-corrected chi connectivity index (χ1v) is 7.14. The van der Waals surface area contributed by atoms with Crippen LogP contribution in [0.3, 0.4) is 0 Å². The highest BCUT2D eigenvalue weighted by Gasteiger charge is 2.17. The Morgan fingerprint density at radius 3 is 2.40 bits per heavy atom. The molecular weight excluding hydrogens is 306 g/mol. The number of aromatic nitrogens is 1. The van der Waals surface area contributed by atoms with Crippen molar-refractivity contribution in [3.05, 3.63) is 57.9 Å². The first kappa shape index (κ1) is 14.2. The summed E-state index contributed by atoms with van der Waals surface area (Å²) in [5.41, 5.74) is -0.0594. The summed E-state index contributed by atoms with van der Waals surface area (Å²) in [7, 11) is -3.88. The van der Waals surface area contributed by atoms with Crippen molar-refractivity contribution in [3.8, 4) is 0 Å². The molecule has 2 rings (SSSR count). The van der Waals surface area contributed by atoms with E-state index in [4.69, 9.17) is 11.6 Å². The molecule has 1 heterocycles. The highest BCUT2D eigenvalue weighted by molar-refractivity contribution is 7.92. The van der Waals surface area contributed by atoms with Crippen LogP contribution in [0.15, 0.2) is 47.5 Å². The van der Waals surface area contributed by atoms with Gasteiger partial charge in [-0.2, -0.15) is 0 Å². The van der Waals surface area contributed by atoms with Crippen molar-refractivity contribution >= 4 is 33.0 Å². The number of sulfonamides is 1. The quantitative estimate of drug-likeness (QED) is 0.530. The van der Waals surface area contributed by atoms with Gasteiger partial charge in [0.05, 0.1) is 15.5 Å². The summed E-state index contributed by atoms with van der Waals surface area (Å²) >= 11 is 5.76. The Labute approximate surface area is 119 Å². The lowest BCUT2D eigenvalue weighted by Crippen LogP contribution is -2.13. The molecule has 7 nitrogen and oxygen atoms in total. The fourth-order valence-electron chi connectivity index (χ4n) is 1.41. The van der Waals surface area contributed by atoms with Crippen molar-refractivity contribution in [2.45, 2.75) is 4.90 Å². The number of benzene rings is 1. The molecule has 2 aromatic rings. The smallest absolute Gasteiger partial charge is 0.269 e. The van der Waals surface area contributed by atoms with Gasteiger partial charge in [0.2, 0.25) is 0 Å². The summed E-state index contributed by atoms with van der Waals surface area (Å²) in [4.78, 5) is 13.5. The molecule has 0 fully saturated rings. The van der Waals surface area contributed by atoms with E-state index in [0.29, 0.717) is 0 Å². The first-order chi connectivity index (χ1) is 9.40. The maximum absolute atomic E-state index is 12.1. The van der Waals surface area contributed by atoms with E-state index in [9.17, 15) is 18.5 Å². The lowest BCUT2D eigenvalue weighted by atomic mass is 10.3. The molecule has 0 aliphatic rings. The number of rotatable bonds is 4. The standard InChI is InChI=1S/C11H8ClN3O4S/c12-11-10(2-1-7-13-11)14-20(18,19)9-5-3-8(4-6-9)15(16)17/h1-7,14H. The van der Waals surface area contributed by atoms with Crippen LogP contribution in [0.2, 0.25) is 5.15 Å². The van der Waals surface area contributed by atoms with Gasteiger partial charge in [-0.05, 0) is 24.3 Å². The normalized spacial score (nSPS) is 11.1. The number of anilines is 1. The molecule has 0 amide bonds. The number of non-ortho nitro benzene ring substituents is 1. The highest BCUT2D eigenvalue weighted by atomic mass is 35.5. The molecule has 20 heavy (non-hydrogen) atoms. The lowest BCUT2D eigenvalue weighted by molar-refractivity contribution is -0.384. The molecule has 0 spiro atoms. The number of hydrogen-bond acceptors (Lipinski definition) is 5. The van der Waals surface area contributed by atoms with Crippen LogP contribution in [-0.4, -0.2) is 18.3 Å². The average molecular weight is 314 g/mol. The Bertz CT molecular complexity index is 747. The topological polar surface area (TPSA) is 102 Å². The molecule has 9 heteroatoms. The van der Waals surface area contributed by atoms with Gasteiger partial charge in [0.15, 0.2) is 5.15 Å². The van der Waals surface area contributed by atoms with Crippen LogP contribution in [0, 0.1) is 10.1 Å². The van der Waals surface area contributed by atoms with Crippen LogP contribution in [-0.2, 0) is 10.0 Å². The van der Waals surface area contributed by atoms with Gasteiger partial charge in [-0.25, -0.2) is 13.4 Å². The number of hydrogen-bond donors (Lipinski definition) is 1. The van der Waals surface area contributed by atoms with Crippen molar-refractivity contribution in [1.82, 2.24) is 4.98 Å². The summed E-state index contributed by atoms with van der Waals surface area (Å²) in [6.45, 7) is 0. The minimum atomic E-state index is -3.88. The van der Waals surface area contributed by atoms with Crippen molar-refractivity contribution < 1.29 is 13.3 Å². The van der Waals surface area contributed by atoms with E-state index in [2.05, 4.69) is 9.71 Å². The molecule has 0 atom stereocenters. The van der Waals surface area contributed by atoms with E-state index >= 15 is 0 Å². The zero-order valence-electron chi connectivity index (χ0n) is 9.86. The maximum Gasteiger partial charge on any atom is 0.269 e. The Hall–Kier alpha value is -2.19. The van der Waals surface area contributed by atoms with Gasteiger partial charge < -0.3 is 0 Å². The molecule has 1 aromatic carbocycles. The van der Waals surface area contributed by atoms with Crippen LogP contribution in [0.1, 0.15) is 0 Å². The Kier molecular flexibility index (Phi) is 3.86. The molecule has 0 aliphatic heterocycles. The van der Waals surface area contributed by atoms with E-state index in [1.54, 1.807) is 0 Å². The van der Waals surface area contributed by atoms with Crippen LogP contribution in [0.4, 0.5) is 11.4 Å². The summed E-state index contributed by atoms with van der Waals surface area (Å²) in [6, 6.07) is 7.49. The van der Waals surface area contributed by atoms with Crippen LogP contribution in [0.25, 0.3) is 0 Å². The second kappa shape index (κ2) is 5.43. The average Bonchev–Trinajstić information content (AvgIpc) is 2.41. The van der Waals surface area contributed by atoms with Gasteiger partial charge in [0.1, 0.15) is 0 Å². The third kappa shape index (κ3) is 3.03. The molecule has 1 aromatic heterocycles. The van der Waals surface area contributed by atoms with Gasteiger partial charge in [-0.1, -0.05) is 11.6 Å². The Morgan fingerprint density at radius 2 is 1.85 bits per heavy atom. The lowest BCUT2D eigenvalue weighted by Gasteiger charge is -2.08. The van der Waals surface area contributed by atoms with Crippen LogP contribution in [0.5, 0.6) is 0 Å². The fraction of sp³-hybridized carbons (Fsp3) is 0. The zero-order chi connectivity index (χ0) is 14.8. The predicted molar refractivity (Wildman–Crippen MR) is 73.2 cm³/mol. The van der Waals surface area contributed by atoms with Crippen molar-refractivity contribution in [2.24, 2.45) is 0 Å². The summed E-state index contributed by atoms with van der Waals surface area (Å²) in [5, 5.41) is 10.5. The van der Waals surface area contributed by atoms with Gasteiger partial charge in [0, 0.05) is 18.3 Å². The Balaban J connectivity index is 2.31. The molecule has 1 N–H and O–H groups in total. The molecule has 0 radical (unpaired) electrons. The molecule has 104 valence electrons. The third-order valence-electron chi connectivity index (χ3n) is 2.36. The molecule has 0 saturated heterocycles. The number of nitro groups is 1. The first-order valence-electron chi connectivity index (χ1n) is 5.28. The van der Waals surface area contributed by atoms with Gasteiger partial charge >= 0.3 is 0 Å².